The van der Waals surface area contributed by atoms with Crippen molar-refractivity contribution in [1.29, 1.82) is 0 Å². The summed E-state index contributed by atoms with van der Waals surface area (Å²) < 4.78 is 14.7. The molecule has 0 aliphatic rings. The quantitative estimate of drug-likeness (QED) is 0.243. The summed E-state index contributed by atoms with van der Waals surface area (Å²) in [5.41, 5.74) is 0.0733. The molecule has 0 aromatic heterocycles. The Kier molecular flexibility index (Phi) is 10.8. The average molecular weight is 440 g/mol. The zero-order valence-corrected chi connectivity index (χ0v) is 18.3. The molecule has 0 aliphatic carbocycles. The molecule has 174 valence electrons. The highest BCUT2D eigenvalue weighted by Crippen LogP contribution is 2.12. The van der Waals surface area contributed by atoms with Crippen LogP contribution in [0.25, 0.3) is 0 Å². The van der Waals surface area contributed by atoms with Crippen molar-refractivity contribution in [2.24, 2.45) is 0 Å². The number of carbonyl (C=O) groups is 3. The van der Waals surface area contributed by atoms with Crippen molar-refractivity contribution in [3.63, 3.8) is 0 Å². The molecule has 0 aliphatic heterocycles. The second-order valence-electron chi connectivity index (χ2n) is 7.84. The minimum Gasteiger partial charge on any atom is -0.467 e. The average Bonchev–Trinajstić information content (AvgIpc) is 2.72. The van der Waals surface area contributed by atoms with Crippen LogP contribution in [-0.4, -0.2) is 65.9 Å². The standard InChI is InChI=1S/C21H32N2O8/c1-21(2,3)31-20(28)23-15(16(24)17(25)18(26)29-4)11-8-12-22-19(27)30-13-14-9-6-5-7-10-14/h5-7,9-10,15-17,24-25H,8,11-13H2,1-4H3,(H,22,27)(H,23,28)/t15-,16+,17+/m0/s1. The second-order valence-corrected chi connectivity index (χ2v) is 7.84. The summed E-state index contributed by atoms with van der Waals surface area (Å²) in [6.45, 7) is 5.32. The molecule has 10 heteroatoms. The van der Waals surface area contributed by atoms with Gasteiger partial charge in [-0.3, -0.25) is 0 Å². The smallest absolute Gasteiger partial charge is 0.407 e. The highest BCUT2D eigenvalue weighted by Gasteiger charge is 2.33. The highest BCUT2D eigenvalue weighted by molar-refractivity contribution is 5.75. The first-order chi connectivity index (χ1) is 14.5. The Morgan fingerprint density at radius 2 is 1.71 bits per heavy atom. The van der Waals surface area contributed by atoms with E-state index < -0.39 is 42.0 Å². The predicted octanol–water partition coefficient (Wildman–Crippen LogP) is 1.48. The third kappa shape index (κ3) is 10.7. The van der Waals surface area contributed by atoms with Gasteiger partial charge in [0.25, 0.3) is 0 Å². The van der Waals surface area contributed by atoms with Gasteiger partial charge in [0.05, 0.1) is 13.2 Å². The first-order valence-electron chi connectivity index (χ1n) is 9.91. The molecule has 31 heavy (non-hydrogen) atoms. The van der Waals surface area contributed by atoms with E-state index >= 15 is 0 Å². The van der Waals surface area contributed by atoms with Gasteiger partial charge < -0.3 is 35.1 Å². The number of hydrogen-bond donors (Lipinski definition) is 4. The van der Waals surface area contributed by atoms with E-state index in [9.17, 15) is 24.6 Å². The van der Waals surface area contributed by atoms with Gasteiger partial charge >= 0.3 is 18.2 Å². The first-order valence-corrected chi connectivity index (χ1v) is 9.91. The van der Waals surface area contributed by atoms with Crippen LogP contribution in [0.4, 0.5) is 9.59 Å². The number of alkyl carbamates (subject to hydrolysis) is 2. The van der Waals surface area contributed by atoms with Gasteiger partial charge in [-0.2, -0.15) is 0 Å². The number of hydrogen-bond acceptors (Lipinski definition) is 8. The van der Waals surface area contributed by atoms with E-state index in [2.05, 4.69) is 15.4 Å². The van der Waals surface area contributed by atoms with E-state index in [4.69, 9.17) is 9.47 Å². The molecule has 1 aromatic rings. The fourth-order valence-electron chi connectivity index (χ4n) is 2.55. The van der Waals surface area contributed by atoms with Crippen molar-refractivity contribution in [3.05, 3.63) is 35.9 Å². The number of amides is 2. The number of aliphatic hydroxyl groups is 2. The Labute approximate surface area is 181 Å². The van der Waals surface area contributed by atoms with Crippen LogP contribution < -0.4 is 10.6 Å². The Morgan fingerprint density at radius 3 is 2.29 bits per heavy atom. The minimum atomic E-state index is -1.85. The Hall–Kier alpha value is -2.85. The minimum absolute atomic E-state index is 0.125. The summed E-state index contributed by atoms with van der Waals surface area (Å²) in [4.78, 5) is 35.4. The first kappa shape index (κ1) is 26.2. The summed E-state index contributed by atoms with van der Waals surface area (Å²) in [6.07, 6.45) is -4.47. The summed E-state index contributed by atoms with van der Waals surface area (Å²) in [5.74, 6) is -1.04. The Morgan fingerprint density at radius 1 is 1.06 bits per heavy atom. The van der Waals surface area contributed by atoms with E-state index in [-0.39, 0.29) is 19.6 Å². The fourth-order valence-corrected chi connectivity index (χ4v) is 2.55. The van der Waals surface area contributed by atoms with E-state index in [0.29, 0.717) is 6.42 Å². The van der Waals surface area contributed by atoms with Gasteiger partial charge in [0.2, 0.25) is 0 Å². The monoisotopic (exact) mass is 440 g/mol. The maximum atomic E-state index is 12.1. The lowest BCUT2D eigenvalue weighted by molar-refractivity contribution is -0.157. The van der Waals surface area contributed by atoms with Crippen molar-refractivity contribution in [3.8, 4) is 0 Å². The molecule has 0 fully saturated rings. The normalized spacial score (nSPS) is 14.0. The largest absolute Gasteiger partial charge is 0.467 e. The lowest BCUT2D eigenvalue weighted by Crippen LogP contribution is -2.52. The Balaban J connectivity index is 2.54. The third-order valence-corrected chi connectivity index (χ3v) is 4.05. The fraction of sp³-hybridized carbons (Fsp3) is 0.571. The second kappa shape index (κ2) is 12.8. The van der Waals surface area contributed by atoms with Crippen LogP contribution in [0.2, 0.25) is 0 Å². The number of ether oxygens (including phenoxy) is 3. The SMILES string of the molecule is COC(=O)[C@H](O)[C@H](O)[C@H](CCCNC(=O)OCc1ccccc1)NC(=O)OC(C)(C)C. The van der Waals surface area contributed by atoms with Crippen molar-refractivity contribution >= 4 is 18.2 Å². The van der Waals surface area contributed by atoms with Crippen molar-refractivity contribution < 1.29 is 38.8 Å². The van der Waals surface area contributed by atoms with Gasteiger partial charge in [-0.25, -0.2) is 14.4 Å². The summed E-state index contributed by atoms with van der Waals surface area (Å²) in [5, 5.41) is 25.2. The topological polar surface area (TPSA) is 143 Å². The summed E-state index contributed by atoms with van der Waals surface area (Å²) >= 11 is 0. The molecule has 0 saturated carbocycles. The number of methoxy groups -OCH3 is 1. The molecule has 4 N–H and O–H groups in total. The number of rotatable bonds is 10. The van der Waals surface area contributed by atoms with Gasteiger partial charge in [0.15, 0.2) is 6.10 Å². The number of carbonyl (C=O) groups excluding carboxylic acids is 3. The molecule has 3 atom stereocenters. The number of nitrogens with one attached hydrogen (secondary N) is 2. The van der Waals surface area contributed by atoms with Crippen LogP contribution in [0.1, 0.15) is 39.2 Å². The molecule has 0 spiro atoms. The van der Waals surface area contributed by atoms with Crippen LogP contribution in [0.3, 0.4) is 0 Å². The molecule has 0 unspecified atom stereocenters. The molecule has 0 saturated heterocycles. The number of benzene rings is 1. The van der Waals surface area contributed by atoms with Crippen LogP contribution in [0.15, 0.2) is 30.3 Å². The van der Waals surface area contributed by atoms with Gasteiger partial charge in [0.1, 0.15) is 18.3 Å². The van der Waals surface area contributed by atoms with E-state index in [1.165, 1.54) is 0 Å². The molecular formula is C21H32N2O8. The summed E-state index contributed by atoms with van der Waals surface area (Å²) in [6, 6.07) is 8.16. The van der Waals surface area contributed by atoms with Crippen LogP contribution >= 0.6 is 0 Å². The van der Waals surface area contributed by atoms with Crippen molar-refractivity contribution in [2.75, 3.05) is 13.7 Å². The lowest BCUT2D eigenvalue weighted by Gasteiger charge is -2.28. The van der Waals surface area contributed by atoms with E-state index in [0.717, 1.165) is 12.7 Å². The van der Waals surface area contributed by atoms with E-state index in [1.807, 2.05) is 30.3 Å². The highest BCUT2D eigenvalue weighted by atomic mass is 16.6. The molecule has 0 radical (unpaired) electrons. The molecule has 1 rings (SSSR count). The number of aliphatic hydroxyl groups excluding tert-OH is 2. The zero-order chi connectivity index (χ0) is 23.4. The molecule has 0 bridgehead atoms. The maximum Gasteiger partial charge on any atom is 0.407 e. The zero-order valence-electron chi connectivity index (χ0n) is 18.3. The van der Waals surface area contributed by atoms with Crippen molar-refractivity contribution in [1.82, 2.24) is 10.6 Å². The summed E-state index contributed by atoms with van der Waals surface area (Å²) in [7, 11) is 1.07. The predicted molar refractivity (Wildman–Crippen MR) is 111 cm³/mol. The van der Waals surface area contributed by atoms with Crippen LogP contribution in [-0.2, 0) is 25.6 Å². The third-order valence-electron chi connectivity index (χ3n) is 4.05. The Bertz CT molecular complexity index is 705. The van der Waals surface area contributed by atoms with Gasteiger partial charge in [-0.15, -0.1) is 0 Å². The van der Waals surface area contributed by atoms with Gasteiger partial charge in [0, 0.05) is 6.54 Å². The van der Waals surface area contributed by atoms with Gasteiger partial charge in [-0.05, 0) is 39.2 Å². The number of esters is 1. The lowest BCUT2D eigenvalue weighted by atomic mass is 10.0. The molecule has 10 nitrogen and oxygen atoms in total. The van der Waals surface area contributed by atoms with Crippen LogP contribution in [0.5, 0.6) is 0 Å². The molecule has 0 heterocycles. The van der Waals surface area contributed by atoms with E-state index in [1.54, 1.807) is 20.8 Å². The van der Waals surface area contributed by atoms with Crippen LogP contribution in [0, 0.1) is 0 Å². The van der Waals surface area contributed by atoms with Gasteiger partial charge in [-0.1, -0.05) is 30.3 Å². The molecule has 1 aromatic carbocycles. The van der Waals surface area contributed by atoms with Crippen molar-refractivity contribution in [2.45, 2.75) is 64.1 Å². The molecular weight excluding hydrogens is 408 g/mol. The molecule has 2 amide bonds. The maximum absolute atomic E-state index is 12.1.